The van der Waals surface area contributed by atoms with E-state index in [0.29, 0.717) is 0 Å². The van der Waals surface area contributed by atoms with Gasteiger partial charge in [-0.1, -0.05) is 18.2 Å². The molecule has 0 saturated carbocycles. The van der Waals surface area contributed by atoms with Crippen LogP contribution in [-0.2, 0) is 0 Å². The Morgan fingerprint density at radius 1 is 1.33 bits per heavy atom. The van der Waals surface area contributed by atoms with Gasteiger partial charge in [-0.2, -0.15) is 0 Å². The maximum absolute atomic E-state index is 12.8. The van der Waals surface area contributed by atoms with Gasteiger partial charge >= 0.3 is 0 Å². The molecule has 1 aromatic carbocycles. The molecule has 1 aliphatic rings. The van der Waals surface area contributed by atoms with Gasteiger partial charge in [-0.05, 0) is 23.9 Å². The predicted molar refractivity (Wildman–Crippen MR) is 56.9 cm³/mol. The summed E-state index contributed by atoms with van der Waals surface area (Å²) >= 11 is 0. The molecule has 0 aliphatic carbocycles. The molecule has 80 valence electrons. The molecular weight excluding hydrogens is 193 g/mol. The smallest absolute Gasteiger partial charge is 0.123 e. The van der Waals surface area contributed by atoms with Gasteiger partial charge in [0.15, 0.2) is 0 Å². The number of nitrogens with one attached hydrogen (secondary N) is 1. The maximum atomic E-state index is 12.8. The summed E-state index contributed by atoms with van der Waals surface area (Å²) in [6.45, 7) is 0.897. The van der Waals surface area contributed by atoms with Gasteiger partial charge in [0.25, 0.3) is 0 Å². The Bertz CT molecular complexity index is 347. The van der Waals surface area contributed by atoms with Gasteiger partial charge in [-0.3, -0.25) is 0 Å². The van der Waals surface area contributed by atoms with E-state index in [1.807, 2.05) is 12.3 Å². The lowest BCUT2D eigenvalue weighted by atomic mass is 9.85. The monoisotopic (exact) mass is 207 g/mol. The molecule has 0 amide bonds. The van der Waals surface area contributed by atoms with Crippen molar-refractivity contribution < 1.29 is 9.50 Å². The molecule has 2 atom stereocenters. The van der Waals surface area contributed by atoms with E-state index in [4.69, 9.17) is 0 Å². The fourth-order valence-corrected chi connectivity index (χ4v) is 1.92. The van der Waals surface area contributed by atoms with E-state index in [2.05, 4.69) is 5.32 Å². The van der Waals surface area contributed by atoms with Crippen LogP contribution in [0.2, 0.25) is 0 Å². The summed E-state index contributed by atoms with van der Waals surface area (Å²) in [7, 11) is 0. The molecule has 2 unspecified atom stereocenters. The number of benzene rings is 1. The van der Waals surface area contributed by atoms with Crippen molar-refractivity contribution in [1.29, 1.82) is 0 Å². The van der Waals surface area contributed by atoms with Gasteiger partial charge in [0.05, 0.1) is 0 Å². The van der Waals surface area contributed by atoms with E-state index in [0.717, 1.165) is 12.1 Å². The van der Waals surface area contributed by atoms with Crippen molar-refractivity contribution in [3.8, 4) is 0 Å². The molecule has 2 N–H and O–H groups in total. The van der Waals surface area contributed by atoms with Crippen LogP contribution in [0.5, 0.6) is 0 Å². The average molecular weight is 207 g/mol. The second-order valence-corrected chi connectivity index (χ2v) is 3.79. The van der Waals surface area contributed by atoms with Crippen LogP contribution in [0.1, 0.15) is 11.5 Å². The highest BCUT2D eigenvalue weighted by molar-refractivity contribution is 5.26. The topological polar surface area (TPSA) is 32.3 Å². The van der Waals surface area contributed by atoms with E-state index in [9.17, 15) is 9.50 Å². The number of rotatable bonds is 2. The van der Waals surface area contributed by atoms with Crippen LogP contribution in [0, 0.1) is 11.7 Å². The van der Waals surface area contributed by atoms with Crippen molar-refractivity contribution in [3.63, 3.8) is 0 Å². The second kappa shape index (κ2) is 4.45. The van der Waals surface area contributed by atoms with E-state index < -0.39 is 0 Å². The molecule has 0 bridgehead atoms. The molecule has 2 nitrogen and oxygen atoms in total. The van der Waals surface area contributed by atoms with Crippen molar-refractivity contribution in [3.05, 3.63) is 47.9 Å². The SMILES string of the molecule is OCC1CNC=CC1c1ccc(F)cc1. The zero-order valence-corrected chi connectivity index (χ0v) is 8.36. The van der Waals surface area contributed by atoms with Crippen LogP contribution in [0.4, 0.5) is 4.39 Å². The Hall–Kier alpha value is -1.35. The standard InChI is InChI=1S/C12H14FNO/c13-11-3-1-9(2-4-11)12-5-6-14-7-10(12)8-15/h1-6,10,12,14-15H,7-8H2. The summed E-state index contributed by atoms with van der Waals surface area (Å²) in [5.74, 6) is 0.120. The van der Waals surface area contributed by atoms with E-state index in [1.165, 1.54) is 12.1 Å². The molecule has 1 heterocycles. The normalized spacial score (nSPS) is 24.9. The molecule has 1 aliphatic heterocycles. The first kappa shape index (κ1) is 10.2. The second-order valence-electron chi connectivity index (χ2n) is 3.79. The van der Waals surface area contributed by atoms with E-state index in [-0.39, 0.29) is 24.3 Å². The lowest BCUT2D eigenvalue weighted by Crippen LogP contribution is -2.30. The molecular formula is C12H14FNO. The first-order valence-corrected chi connectivity index (χ1v) is 5.07. The number of allylic oxidation sites excluding steroid dienone is 1. The Balaban J connectivity index is 2.24. The number of halogens is 1. The van der Waals surface area contributed by atoms with Crippen molar-refractivity contribution in [2.75, 3.05) is 13.2 Å². The summed E-state index contributed by atoms with van der Waals surface area (Å²) in [6.07, 6.45) is 3.90. The summed E-state index contributed by atoms with van der Waals surface area (Å²) in [5, 5.41) is 12.3. The van der Waals surface area contributed by atoms with Crippen molar-refractivity contribution in [2.45, 2.75) is 5.92 Å². The lowest BCUT2D eigenvalue weighted by Gasteiger charge is -2.27. The third kappa shape index (κ3) is 2.18. The summed E-state index contributed by atoms with van der Waals surface area (Å²) < 4.78 is 12.8. The minimum atomic E-state index is -0.225. The maximum Gasteiger partial charge on any atom is 0.123 e. The minimum Gasteiger partial charge on any atom is -0.396 e. The highest BCUT2D eigenvalue weighted by Gasteiger charge is 2.22. The summed E-state index contributed by atoms with van der Waals surface area (Å²) in [4.78, 5) is 0. The van der Waals surface area contributed by atoms with Gasteiger partial charge in [-0.25, -0.2) is 4.39 Å². The van der Waals surface area contributed by atoms with Crippen molar-refractivity contribution in [2.24, 2.45) is 5.92 Å². The Morgan fingerprint density at radius 2 is 2.07 bits per heavy atom. The van der Waals surface area contributed by atoms with Crippen LogP contribution >= 0.6 is 0 Å². The van der Waals surface area contributed by atoms with Crippen LogP contribution < -0.4 is 5.32 Å². The highest BCUT2D eigenvalue weighted by atomic mass is 19.1. The molecule has 0 fully saturated rings. The fraction of sp³-hybridized carbons (Fsp3) is 0.333. The number of aliphatic hydroxyl groups is 1. The quantitative estimate of drug-likeness (QED) is 0.772. The number of aliphatic hydroxyl groups excluding tert-OH is 1. The van der Waals surface area contributed by atoms with Gasteiger partial charge in [0, 0.05) is 25.0 Å². The zero-order chi connectivity index (χ0) is 10.7. The Morgan fingerprint density at radius 3 is 2.73 bits per heavy atom. The van der Waals surface area contributed by atoms with Crippen LogP contribution in [0.25, 0.3) is 0 Å². The van der Waals surface area contributed by atoms with Crippen LogP contribution in [-0.4, -0.2) is 18.3 Å². The zero-order valence-electron chi connectivity index (χ0n) is 8.36. The molecule has 1 aromatic rings. The van der Waals surface area contributed by atoms with Crippen molar-refractivity contribution >= 4 is 0 Å². The minimum absolute atomic E-state index is 0.138. The Labute approximate surface area is 88.4 Å². The first-order chi connectivity index (χ1) is 7.31. The fourth-order valence-electron chi connectivity index (χ4n) is 1.92. The lowest BCUT2D eigenvalue weighted by molar-refractivity contribution is 0.210. The van der Waals surface area contributed by atoms with Gasteiger partial charge in [0.1, 0.15) is 5.82 Å². The van der Waals surface area contributed by atoms with E-state index >= 15 is 0 Å². The van der Waals surface area contributed by atoms with E-state index in [1.54, 1.807) is 12.1 Å². The van der Waals surface area contributed by atoms with Crippen molar-refractivity contribution in [1.82, 2.24) is 5.32 Å². The number of hydrogen-bond acceptors (Lipinski definition) is 2. The molecule has 15 heavy (non-hydrogen) atoms. The largest absolute Gasteiger partial charge is 0.396 e. The molecule has 0 spiro atoms. The predicted octanol–water partition coefficient (Wildman–Crippen LogP) is 1.63. The Kier molecular flexibility index (Phi) is 3.02. The molecule has 0 radical (unpaired) electrons. The molecule has 0 saturated heterocycles. The highest BCUT2D eigenvalue weighted by Crippen LogP contribution is 2.27. The summed E-state index contributed by atoms with van der Waals surface area (Å²) in [5.41, 5.74) is 1.05. The molecule has 0 aromatic heterocycles. The average Bonchev–Trinajstić information content (AvgIpc) is 2.30. The van der Waals surface area contributed by atoms with Crippen LogP contribution in [0.15, 0.2) is 36.5 Å². The number of hydrogen-bond donors (Lipinski definition) is 2. The molecule has 3 heteroatoms. The molecule has 2 rings (SSSR count). The third-order valence-electron chi connectivity index (χ3n) is 2.80. The van der Waals surface area contributed by atoms with Gasteiger partial charge in [-0.15, -0.1) is 0 Å². The van der Waals surface area contributed by atoms with Gasteiger partial charge < -0.3 is 10.4 Å². The third-order valence-corrected chi connectivity index (χ3v) is 2.80. The summed E-state index contributed by atoms with van der Waals surface area (Å²) in [6, 6.07) is 6.47. The van der Waals surface area contributed by atoms with Crippen LogP contribution in [0.3, 0.4) is 0 Å². The van der Waals surface area contributed by atoms with Gasteiger partial charge in [0.2, 0.25) is 0 Å². The first-order valence-electron chi connectivity index (χ1n) is 5.07.